The fourth-order valence-corrected chi connectivity index (χ4v) is 1.67. The average Bonchev–Trinajstić information content (AvgIpc) is 2.94. The van der Waals surface area contributed by atoms with Crippen molar-refractivity contribution in [3.8, 4) is 5.75 Å². The summed E-state index contributed by atoms with van der Waals surface area (Å²) >= 11 is 0. The largest absolute Gasteiger partial charge is 0.493 e. The molecule has 20 heavy (non-hydrogen) atoms. The molecule has 0 amide bonds. The monoisotopic (exact) mass is 280 g/mol. The number of benzene rings is 1. The van der Waals surface area contributed by atoms with Crippen molar-refractivity contribution < 1.29 is 23.8 Å². The lowest BCUT2D eigenvalue weighted by Crippen LogP contribution is -2.03. The van der Waals surface area contributed by atoms with E-state index in [4.69, 9.17) is 19.0 Å². The van der Waals surface area contributed by atoms with Crippen LogP contribution in [0, 0.1) is 0 Å². The highest BCUT2D eigenvalue weighted by Crippen LogP contribution is 2.28. The summed E-state index contributed by atoms with van der Waals surface area (Å²) in [7, 11) is 1.62. The molecule has 1 aromatic carbocycles. The molecule has 5 nitrogen and oxygen atoms in total. The number of aromatic carboxylic acids is 1. The molecule has 0 spiro atoms. The third kappa shape index (κ3) is 3.99. The molecule has 0 atom stereocenters. The molecule has 5 heteroatoms. The number of fused-ring (bicyclic) bond motifs is 1. The predicted octanol–water partition coefficient (Wildman–Crippen LogP) is 3.57. The maximum Gasteiger partial charge on any atom is 0.335 e. The molecule has 110 valence electrons. The van der Waals surface area contributed by atoms with Crippen LogP contribution in [-0.2, 0) is 4.74 Å². The van der Waals surface area contributed by atoms with Gasteiger partial charge in [0, 0.05) is 20.1 Å². The number of hydrogen-bond donors (Lipinski definition) is 1. The number of carbonyl (C=O) groups is 1. The van der Waals surface area contributed by atoms with Crippen molar-refractivity contribution in [3.05, 3.63) is 30.0 Å². The first-order chi connectivity index (χ1) is 9.72. The van der Waals surface area contributed by atoms with E-state index in [0.29, 0.717) is 24.5 Å². The summed E-state index contributed by atoms with van der Waals surface area (Å²) in [6.07, 6.45) is 2.26. The Bertz CT molecular complexity index is 544. The predicted molar refractivity (Wildman–Crippen MR) is 76.5 cm³/mol. The lowest BCUT2D eigenvalue weighted by atomic mass is 10.1. The molecule has 0 aliphatic rings. The minimum absolute atomic E-state index is 0.152. The Labute approximate surface area is 118 Å². The van der Waals surface area contributed by atoms with Crippen LogP contribution in [0.2, 0.25) is 0 Å². The van der Waals surface area contributed by atoms with Crippen LogP contribution in [0.15, 0.2) is 28.9 Å². The van der Waals surface area contributed by atoms with Crippen molar-refractivity contribution in [1.29, 1.82) is 0 Å². The Morgan fingerprint density at radius 3 is 2.70 bits per heavy atom. The Kier molecular flexibility index (Phi) is 6.59. The number of hydrogen-bond acceptors (Lipinski definition) is 4. The maximum absolute atomic E-state index is 11.0. The molecular formula is C15H20O5. The van der Waals surface area contributed by atoms with Crippen molar-refractivity contribution in [3.63, 3.8) is 0 Å². The van der Waals surface area contributed by atoms with Crippen LogP contribution in [0.5, 0.6) is 5.75 Å². The first-order valence-corrected chi connectivity index (χ1v) is 6.58. The van der Waals surface area contributed by atoms with E-state index in [0.717, 1.165) is 11.8 Å². The zero-order valence-corrected chi connectivity index (χ0v) is 12.0. The number of methoxy groups -OCH3 is 1. The van der Waals surface area contributed by atoms with Gasteiger partial charge < -0.3 is 19.0 Å². The first kappa shape index (κ1) is 16.0. The second-order valence-corrected chi connectivity index (χ2v) is 3.81. The topological polar surface area (TPSA) is 68.9 Å². The van der Waals surface area contributed by atoms with E-state index < -0.39 is 5.97 Å². The molecule has 0 bridgehead atoms. The molecule has 0 saturated heterocycles. The van der Waals surface area contributed by atoms with Crippen molar-refractivity contribution in [2.45, 2.75) is 20.3 Å². The van der Waals surface area contributed by atoms with E-state index in [-0.39, 0.29) is 5.56 Å². The summed E-state index contributed by atoms with van der Waals surface area (Å²) in [4.78, 5) is 11.0. The number of carboxylic acids is 1. The van der Waals surface area contributed by atoms with Gasteiger partial charge in [-0.05, 0) is 18.2 Å². The van der Waals surface area contributed by atoms with Crippen LogP contribution in [0.4, 0.5) is 0 Å². The molecule has 1 heterocycles. The molecule has 0 unspecified atom stereocenters. The Hall–Kier alpha value is -2.01. The van der Waals surface area contributed by atoms with E-state index >= 15 is 0 Å². The minimum atomic E-state index is -1.00. The van der Waals surface area contributed by atoms with Gasteiger partial charge in [-0.25, -0.2) is 4.79 Å². The summed E-state index contributed by atoms with van der Waals surface area (Å²) < 4.78 is 15.7. The zero-order valence-electron chi connectivity index (χ0n) is 12.0. The minimum Gasteiger partial charge on any atom is -0.493 e. The summed E-state index contributed by atoms with van der Waals surface area (Å²) in [5.74, 6) is -0.482. The standard InChI is InChI=1S/C13H14O5.C2H6/c1-16-4-2-5-17-11-7-9(13(14)15)8-12-10(11)3-6-18-12;1-2/h3,6-8H,2,4-5H2,1H3,(H,14,15);1-2H3. The highest BCUT2D eigenvalue weighted by Gasteiger charge is 2.11. The fraction of sp³-hybridized carbons (Fsp3) is 0.400. The van der Waals surface area contributed by atoms with Gasteiger partial charge in [-0.3, -0.25) is 0 Å². The van der Waals surface area contributed by atoms with Crippen molar-refractivity contribution >= 4 is 16.9 Å². The van der Waals surface area contributed by atoms with Gasteiger partial charge in [0.05, 0.1) is 23.8 Å². The summed E-state index contributed by atoms with van der Waals surface area (Å²) in [5.41, 5.74) is 0.663. The van der Waals surface area contributed by atoms with Gasteiger partial charge in [0.1, 0.15) is 11.3 Å². The van der Waals surface area contributed by atoms with Crippen molar-refractivity contribution in [1.82, 2.24) is 0 Å². The quantitative estimate of drug-likeness (QED) is 0.819. The molecule has 0 radical (unpaired) electrons. The molecule has 0 saturated carbocycles. The van der Waals surface area contributed by atoms with Gasteiger partial charge in [0.2, 0.25) is 0 Å². The van der Waals surface area contributed by atoms with Crippen LogP contribution >= 0.6 is 0 Å². The van der Waals surface area contributed by atoms with Gasteiger partial charge in [-0.2, -0.15) is 0 Å². The highest BCUT2D eigenvalue weighted by atomic mass is 16.5. The van der Waals surface area contributed by atoms with Gasteiger partial charge >= 0.3 is 5.97 Å². The molecule has 0 aliphatic heterocycles. The van der Waals surface area contributed by atoms with Crippen LogP contribution in [0.25, 0.3) is 11.0 Å². The maximum atomic E-state index is 11.0. The lowest BCUT2D eigenvalue weighted by Gasteiger charge is -2.07. The molecule has 2 rings (SSSR count). The van der Waals surface area contributed by atoms with E-state index in [1.807, 2.05) is 13.8 Å². The molecule has 1 N–H and O–H groups in total. The van der Waals surface area contributed by atoms with Gasteiger partial charge in [0.25, 0.3) is 0 Å². The van der Waals surface area contributed by atoms with Crippen LogP contribution in [-0.4, -0.2) is 31.4 Å². The number of furan rings is 1. The molecule has 0 aliphatic carbocycles. The number of ether oxygens (including phenoxy) is 2. The Balaban J connectivity index is 0.000000956. The second-order valence-electron chi connectivity index (χ2n) is 3.81. The van der Waals surface area contributed by atoms with Gasteiger partial charge in [-0.15, -0.1) is 0 Å². The fourth-order valence-electron chi connectivity index (χ4n) is 1.67. The highest BCUT2D eigenvalue weighted by molar-refractivity contribution is 5.95. The molecule has 0 fully saturated rings. The second kappa shape index (κ2) is 8.22. The first-order valence-electron chi connectivity index (χ1n) is 6.58. The summed E-state index contributed by atoms with van der Waals surface area (Å²) in [6.45, 7) is 5.07. The third-order valence-corrected chi connectivity index (χ3v) is 2.53. The van der Waals surface area contributed by atoms with Crippen LogP contribution < -0.4 is 4.74 Å². The molecule has 2 aromatic rings. The summed E-state index contributed by atoms with van der Waals surface area (Å²) in [5, 5.41) is 9.77. The van der Waals surface area contributed by atoms with Crippen molar-refractivity contribution in [2.75, 3.05) is 20.3 Å². The van der Waals surface area contributed by atoms with Gasteiger partial charge in [0.15, 0.2) is 0 Å². The van der Waals surface area contributed by atoms with E-state index in [1.165, 1.54) is 18.4 Å². The van der Waals surface area contributed by atoms with E-state index in [1.54, 1.807) is 13.2 Å². The molecule has 1 aromatic heterocycles. The Morgan fingerprint density at radius 1 is 1.30 bits per heavy atom. The third-order valence-electron chi connectivity index (χ3n) is 2.53. The summed E-state index contributed by atoms with van der Waals surface area (Å²) in [6, 6.07) is 4.75. The zero-order chi connectivity index (χ0) is 15.0. The molecular weight excluding hydrogens is 260 g/mol. The normalized spacial score (nSPS) is 9.95. The van der Waals surface area contributed by atoms with E-state index in [9.17, 15) is 4.79 Å². The van der Waals surface area contributed by atoms with Crippen LogP contribution in [0.3, 0.4) is 0 Å². The lowest BCUT2D eigenvalue weighted by molar-refractivity contribution is 0.0696. The average molecular weight is 280 g/mol. The van der Waals surface area contributed by atoms with Crippen LogP contribution in [0.1, 0.15) is 30.6 Å². The smallest absolute Gasteiger partial charge is 0.335 e. The van der Waals surface area contributed by atoms with Crippen molar-refractivity contribution in [2.24, 2.45) is 0 Å². The SMILES string of the molecule is CC.COCCCOc1cc(C(=O)O)cc2occc12. The number of rotatable bonds is 6. The van der Waals surface area contributed by atoms with Gasteiger partial charge in [-0.1, -0.05) is 13.8 Å². The number of carboxylic acid groups (broad SMARTS) is 1. The Morgan fingerprint density at radius 2 is 2.05 bits per heavy atom. The van der Waals surface area contributed by atoms with E-state index in [2.05, 4.69) is 0 Å².